The first kappa shape index (κ1) is 28.1. The minimum Gasteiger partial charge on any atom is -0.198 e. The van der Waals surface area contributed by atoms with Gasteiger partial charge >= 0.3 is 0 Å². The van der Waals surface area contributed by atoms with Gasteiger partial charge in [0.1, 0.15) is 6.54 Å². The Morgan fingerprint density at radius 1 is 0.714 bits per heavy atom. The molecule has 1 aliphatic rings. The van der Waals surface area contributed by atoms with Crippen LogP contribution in [0, 0.1) is 6.92 Å². The van der Waals surface area contributed by atoms with E-state index in [-0.39, 0.29) is 5.54 Å². The molecule has 3 aromatic carbocycles. The van der Waals surface area contributed by atoms with Crippen LogP contribution in [0.15, 0.2) is 116 Å². The Kier molecular flexibility index (Phi) is 7.82. The van der Waals surface area contributed by atoms with E-state index >= 15 is 0 Å². The molecule has 0 saturated carbocycles. The molecule has 0 aliphatic carbocycles. The Hall–Kier alpha value is -4.04. The van der Waals surface area contributed by atoms with Crippen molar-refractivity contribution < 1.29 is 9.13 Å². The van der Waals surface area contributed by atoms with Crippen molar-refractivity contribution in [3.05, 3.63) is 132 Å². The lowest BCUT2D eigenvalue weighted by atomic mass is 9.68. The summed E-state index contributed by atoms with van der Waals surface area (Å²) in [6, 6.07) is 38.1. The highest BCUT2D eigenvalue weighted by molar-refractivity contribution is 5.70. The summed E-state index contributed by atoms with van der Waals surface area (Å²) >= 11 is 0. The lowest BCUT2D eigenvalue weighted by molar-refractivity contribution is -0.765. The molecule has 1 atom stereocenters. The number of nitrogens with zero attached hydrogens (tertiary/aromatic N) is 2. The Morgan fingerprint density at radius 2 is 1.40 bits per heavy atom. The van der Waals surface area contributed by atoms with E-state index in [9.17, 15) is 0 Å². The highest BCUT2D eigenvalue weighted by Gasteiger charge is 2.52. The molecule has 0 saturated heterocycles. The van der Waals surface area contributed by atoms with Gasteiger partial charge in [0.05, 0.1) is 11.5 Å². The van der Waals surface area contributed by atoms with Gasteiger partial charge in [-0.15, -0.1) is 0 Å². The van der Waals surface area contributed by atoms with Crippen LogP contribution in [0.3, 0.4) is 0 Å². The van der Waals surface area contributed by atoms with Crippen LogP contribution in [0.5, 0.6) is 0 Å². The fraction of sp³-hybridized carbons (Fsp3) is 0.300. The largest absolute Gasteiger partial charge is 0.216 e. The summed E-state index contributed by atoms with van der Waals surface area (Å²) in [5.41, 5.74) is 12.2. The quantitative estimate of drug-likeness (QED) is 0.169. The summed E-state index contributed by atoms with van der Waals surface area (Å²) in [6.07, 6.45) is 7.95. The molecule has 0 bridgehead atoms. The molecule has 0 amide bonds. The fourth-order valence-electron chi connectivity index (χ4n) is 7.52. The molecule has 2 heteroatoms. The number of pyridine rings is 2. The van der Waals surface area contributed by atoms with Crippen LogP contribution in [0.4, 0.5) is 0 Å². The number of benzene rings is 3. The topological polar surface area (TPSA) is 7.76 Å². The zero-order valence-corrected chi connectivity index (χ0v) is 25.8. The van der Waals surface area contributed by atoms with Gasteiger partial charge in [-0.25, -0.2) is 0 Å². The summed E-state index contributed by atoms with van der Waals surface area (Å²) in [7, 11) is 0. The SMILES string of the molecule is CCC1(CC)C(CC[n+]2ccc(-c3ccccc3)cc2-c2ccccc2C)c2ccccc2-c2c(C(C)C)ccc[n+]21. The van der Waals surface area contributed by atoms with Crippen LogP contribution in [0.1, 0.15) is 75.5 Å². The van der Waals surface area contributed by atoms with E-state index in [1.54, 1.807) is 0 Å². The van der Waals surface area contributed by atoms with Gasteiger partial charge in [0, 0.05) is 48.6 Å². The van der Waals surface area contributed by atoms with Gasteiger partial charge in [-0.2, -0.15) is 9.13 Å². The van der Waals surface area contributed by atoms with Gasteiger partial charge in [0.15, 0.2) is 17.9 Å². The zero-order valence-electron chi connectivity index (χ0n) is 25.8. The van der Waals surface area contributed by atoms with Gasteiger partial charge in [-0.1, -0.05) is 94.4 Å². The van der Waals surface area contributed by atoms with E-state index in [1.165, 1.54) is 50.3 Å². The molecule has 5 aromatic rings. The third kappa shape index (κ3) is 4.77. The van der Waals surface area contributed by atoms with Gasteiger partial charge in [-0.3, -0.25) is 0 Å². The van der Waals surface area contributed by atoms with Crippen molar-refractivity contribution in [1.29, 1.82) is 0 Å². The summed E-state index contributed by atoms with van der Waals surface area (Å²) in [4.78, 5) is 0. The minimum atomic E-state index is 0.0297. The minimum absolute atomic E-state index is 0.0297. The van der Waals surface area contributed by atoms with Crippen LogP contribution in [-0.2, 0) is 12.1 Å². The Morgan fingerprint density at radius 3 is 2.12 bits per heavy atom. The van der Waals surface area contributed by atoms with E-state index in [2.05, 4.69) is 159 Å². The van der Waals surface area contributed by atoms with Crippen LogP contribution in [-0.4, -0.2) is 0 Å². The summed E-state index contributed by atoms with van der Waals surface area (Å²) in [6.45, 7) is 12.6. The van der Waals surface area contributed by atoms with E-state index in [1.807, 2.05) is 0 Å². The maximum absolute atomic E-state index is 2.67. The Bertz CT molecular complexity index is 1690. The summed E-state index contributed by atoms with van der Waals surface area (Å²) in [5.74, 6) is 0.883. The third-order valence-corrected chi connectivity index (χ3v) is 9.81. The van der Waals surface area contributed by atoms with Crippen molar-refractivity contribution in [2.45, 2.75) is 77.8 Å². The molecule has 0 radical (unpaired) electrons. The van der Waals surface area contributed by atoms with Crippen LogP contribution in [0.25, 0.3) is 33.6 Å². The van der Waals surface area contributed by atoms with Crippen molar-refractivity contribution in [1.82, 2.24) is 0 Å². The number of aryl methyl sites for hydroxylation is 2. The predicted octanol–water partition coefficient (Wildman–Crippen LogP) is 9.40. The molecule has 0 N–H and O–H groups in total. The highest BCUT2D eigenvalue weighted by Crippen LogP contribution is 2.48. The van der Waals surface area contributed by atoms with Crippen LogP contribution in [0.2, 0.25) is 0 Å². The second-order valence-electron chi connectivity index (χ2n) is 12.3. The molecular weight excluding hydrogens is 508 g/mol. The molecule has 0 spiro atoms. The Labute approximate surface area is 252 Å². The van der Waals surface area contributed by atoms with Gasteiger partial charge < -0.3 is 0 Å². The molecule has 1 unspecified atom stereocenters. The van der Waals surface area contributed by atoms with E-state index in [4.69, 9.17) is 0 Å². The Balaban J connectivity index is 1.46. The van der Waals surface area contributed by atoms with Crippen molar-refractivity contribution in [2.75, 3.05) is 0 Å². The third-order valence-electron chi connectivity index (χ3n) is 9.81. The zero-order chi connectivity index (χ0) is 29.3. The fourth-order valence-corrected chi connectivity index (χ4v) is 7.52. The maximum atomic E-state index is 2.67. The van der Waals surface area contributed by atoms with E-state index in [0.29, 0.717) is 11.8 Å². The van der Waals surface area contributed by atoms with E-state index in [0.717, 1.165) is 25.8 Å². The normalized spacial score (nSPS) is 15.3. The molecule has 212 valence electrons. The maximum Gasteiger partial charge on any atom is 0.216 e. The predicted molar refractivity (Wildman–Crippen MR) is 174 cm³/mol. The lowest BCUT2D eigenvalue weighted by Crippen LogP contribution is -2.63. The first-order valence-electron chi connectivity index (χ1n) is 15.8. The average Bonchev–Trinajstić information content (AvgIpc) is 3.04. The number of hydrogen-bond acceptors (Lipinski definition) is 0. The molecular formula is C40H44N2+2. The molecule has 2 aromatic heterocycles. The lowest BCUT2D eigenvalue weighted by Gasteiger charge is -2.40. The first-order chi connectivity index (χ1) is 20.5. The van der Waals surface area contributed by atoms with Crippen LogP contribution >= 0.6 is 0 Å². The van der Waals surface area contributed by atoms with Crippen molar-refractivity contribution in [3.8, 4) is 33.6 Å². The molecule has 2 nitrogen and oxygen atoms in total. The number of hydrogen-bond donors (Lipinski definition) is 0. The van der Waals surface area contributed by atoms with Gasteiger partial charge in [-0.05, 0) is 53.3 Å². The average molecular weight is 553 g/mol. The number of fused-ring (bicyclic) bond motifs is 3. The first-order valence-corrected chi connectivity index (χ1v) is 15.8. The summed E-state index contributed by atoms with van der Waals surface area (Å²) in [5, 5.41) is 0. The molecule has 1 aliphatic heterocycles. The smallest absolute Gasteiger partial charge is 0.198 e. The summed E-state index contributed by atoms with van der Waals surface area (Å²) < 4.78 is 5.17. The second kappa shape index (κ2) is 11.7. The second-order valence-corrected chi connectivity index (χ2v) is 12.3. The number of aromatic nitrogens is 2. The van der Waals surface area contributed by atoms with Crippen molar-refractivity contribution >= 4 is 0 Å². The van der Waals surface area contributed by atoms with Crippen molar-refractivity contribution in [3.63, 3.8) is 0 Å². The highest BCUT2D eigenvalue weighted by atomic mass is 15.1. The molecule has 6 rings (SSSR count). The van der Waals surface area contributed by atoms with Gasteiger partial charge in [0.2, 0.25) is 11.4 Å². The van der Waals surface area contributed by atoms with E-state index < -0.39 is 0 Å². The standard InChI is InChI=1S/C40H44N2/c1-6-40(7-2)37(35-20-13-14-21-36(35)39-33(29(3)4)22-15-25-42(39)40)24-27-41-26-23-32(31-17-9-8-10-18-31)28-38(41)34-19-12-11-16-30(34)5/h8-23,25-26,28-29,37H,6-7,24,27H2,1-5H3/q+2. The van der Waals surface area contributed by atoms with Crippen LogP contribution < -0.4 is 9.13 Å². The number of rotatable bonds is 8. The molecule has 0 fully saturated rings. The van der Waals surface area contributed by atoms with Crippen molar-refractivity contribution in [2.24, 2.45) is 0 Å². The molecule has 3 heterocycles. The monoisotopic (exact) mass is 552 g/mol. The molecule has 42 heavy (non-hydrogen) atoms. The van der Waals surface area contributed by atoms with Gasteiger partial charge in [0.25, 0.3) is 0 Å².